The molecule has 2 aromatic rings. The number of nitrogens with one attached hydrogen (secondary N) is 1. The molecule has 1 aliphatic carbocycles. The summed E-state index contributed by atoms with van der Waals surface area (Å²) in [5.74, 6) is -0.282. The van der Waals surface area contributed by atoms with E-state index in [1.807, 2.05) is 32.0 Å². The van der Waals surface area contributed by atoms with E-state index in [1.54, 1.807) is 12.1 Å². The van der Waals surface area contributed by atoms with Gasteiger partial charge in [-0.2, -0.15) is 0 Å². The molecule has 0 spiro atoms. The van der Waals surface area contributed by atoms with E-state index < -0.39 is 12.5 Å². The number of fused-ring (bicyclic) bond motifs is 1. The number of aryl methyl sites for hydroxylation is 1. The smallest absolute Gasteiger partial charge is 0.465 e. The van der Waals surface area contributed by atoms with Crippen LogP contribution in [0.3, 0.4) is 0 Å². The number of alkyl halides is 3. The highest BCUT2D eigenvalue weighted by Crippen LogP contribution is 2.44. The molecule has 1 unspecified atom stereocenters. The maximum Gasteiger partial charge on any atom is 0.573 e. The van der Waals surface area contributed by atoms with Crippen molar-refractivity contribution < 1.29 is 27.8 Å². The van der Waals surface area contributed by atoms with Crippen molar-refractivity contribution in [1.29, 1.82) is 0 Å². The van der Waals surface area contributed by atoms with Gasteiger partial charge in [0.15, 0.2) is 0 Å². The lowest BCUT2D eigenvalue weighted by atomic mass is 9.70. The van der Waals surface area contributed by atoms with Gasteiger partial charge in [0, 0.05) is 0 Å². The number of rotatable bonds is 3. The summed E-state index contributed by atoms with van der Waals surface area (Å²) in [7, 11) is 0. The van der Waals surface area contributed by atoms with Crippen molar-refractivity contribution in [2.75, 3.05) is 0 Å². The highest BCUT2D eigenvalue weighted by Gasteiger charge is 2.37. The van der Waals surface area contributed by atoms with Gasteiger partial charge in [-0.1, -0.05) is 38.1 Å². The standard InChI is InChI=1S/C20H20F3NO3/c1-19(2)10-9-13-3-4-14(11-16(13)17(19)24-18(25)26)12-5-7-15(8-6-12)27-20(21,22)23/h3-8,11,17,24H,9-10H2,1-2H3,(H,25,26). The van der Waals surface area contributed by atoms with Crippen LogP contribution in [-0.2, 0) is 6.42 Å². The zero-order chi connectivity index (χ0) is 19.8. The zero-order valence-corrected chi connectivity index (χ0v) is 14.9. The second kappa shape index (κ2) is 6.79. The highest BCUT2D eigenvalue weighted by atomic mass is 19.4. The molecule has 0 aromatic heterocycles. The maximum absolute atomic E-state index is 12.3. The van der Waals surface area contributed by atoms with Crippen LogP contribution in [0.25, 0.3) is 11.1 Å². The Hall–Kier alpha value is -2.70. The molecule has 3 rings (SSSR count). The Morgan fingerprint density at radius 2 is 1.78 bits per heavy atom. The molecule has 1 atom stereocenters. The number of ether oxygens (including phenoxy) is 1. The fourth-order valence-corrected chi connectivity index (χ4v) is 3.54. The molecule has 0 heterocycles. The lowest BCUT2D eigenvalue weighted by molar-refractivity contribution is -0.274. The summed E-state index contributed by atoms with van der Waals surface area (Å²) in [4.78, 5) is 11.3. The third-order valence-corrected chi connectivity index (χ3v) is 4.97. The number of halogens is 3. The average molecular weight is 379 g/mol. The highest BCUT2D eigenvalue weighted by molar-refractivity contribution is 5.68. The van der Waals surface area contributed by atoms with Crippen LogP contribution in [0.4, 0.5) is 18.0 Å². The first-order valence-corrected chi connectivity index (χ1v) is 8.54. The minimum Gasteiger partial charge on any atom is -0.465 e. The summed E-state index contributed by atoms with van der Waals surface area (Å²) >= 11 is 0. The molecule has 0 fully saturated rings. The normalized spacial score (nSPS) is 18.5. The van der Waals surface area contributed by atoms with Crippen molar-refractivity contribution in [2.24, 2.45) is 5.41 Å². The van der Waals surface area contributed by atoms with Crippen LogP contribution < -0.4 is 10.1 Å². The number of benzene rings is 2. The Balaban J connectivity index is 1.94. The SMILES string of the molecule is CC1(C)CCc2ccc(-c3ccc(OC(F)(F)F)cc3)cc2C1NC(=O)O. The molecule has 0 bridgehead atoms. The third kappa shape index (κ3) is 4.35. The summed E-state index contributed by atoms with van der Waals surface area (Å²) in [6, 6.07) is 11.0. The van der Waals surface area contributed by atoms with Crippen molar-refractivity contribution in [2.45, 2.75) is 39.1 Å². The maximum atomic E-state index is 12.3. The number of hydrogen-bond donors (Lipinski definition) is 2. The van der Waals surface area contributed by atoms with Gasteiger partial charge in [-0.3, -0.25) is 0 Å². The molecule has 144 valence electrons. The van der Waals surface area contributed by atoms with Gasteiger partial charge in [0.05, 0.1) is 6.04 Å². The fraction of sp³-hybridized carbons (Fsp3) is 0.350. The molecule has 7 heteroatoms. The molecule has 2 aromatic carbocycles. The average Bonchev–Trinajstić information content (AvgIpc) is 2.56. The van der Waals surface area contributed by atoms with Gasteiger partial charge >= 0.3 is 12.5 Å². The van der Waals surface area contributed by atoms with E-state index >= 15 is 0 Å². The van der Waals surface area contributed by atoms with E-state index in [2.05, 4.69) is 10.1 Å². The monoisotopic (exact) mass is 379 g/mol. The van der Waals surface area contributed by atoms with Gasteiger partial charge in [0.25, 0.3) is 0 Å². The van der Waals surface area contributed by atoms with E-state index in [-0.39, 0.29) is 17.2 Å². The van der Waals surface area contributed by atoms with E-state index in [0.29, 0.717) is 0 Å². The predicted molar refractivity (Wildman–Crippen MR) is 94.6 cm³/mol. The van der Waals surface area contributed by atoms with Crippen LogP contribution in [0.5, 0.6) is 5.75 Å². The molecule has 0 saturated carbocycles. The van der Waals surface area contributed by atoms with Gasteiger partial charge in [-0.05, 0) is 58.7 Å². The van der Waals surface area contributed by atoms with Crippen molar-refractivity contribution in [3.63, 3.8) is 0 Å². The second-order valence-electron chi connectivity index (χ2n) is 7.36. The quantitative estimate of drug-likeness (QED) is 0.737. The Morgan fingerprint density at radius 1 is 1.15 bits per heavy atom. The van der Waals surface area contributed by atoms with Crippen molar-refractivity contribution in [3.05, 3.63) is 53.6 Å². The van der Waals surface area contributed by atoms with Crippen LogP contribution in [0.2, 0.25) is 0 Å². The summed E-state index contributed by atoms with van der Waals surface area (Å²) in [5.41, 5.74) is 3.27. The van der Waals surface area contributed by atoms with Crippen LogP contribution in [0.1, 0.15) is 37.4 Å². The van der Waals surface area contributed by atoms with Crippen molar-refractivity contribution in [1.82, 2.24) is 5.32 Å². The second-order valence-corrected chi connectivity index (χ2v) is 7.36. The molecule has 1 aliphatic rings. The number of carboxylic acid groups (broad SMARTS) is 1. The summed E-state index contributed by atoms with van der Waals surface area (Å²) in [6.07, 6.45) is -4.11. The predicted octanol–water partition coefficient (Wildman–Crippen LogP) is 5.53. The van der Waals surface area contributed by atoms with Crippen molar-refractivity contribution in [3.8, 4) is 16.9 Å². The topological polar surface area (TPSA) is 58.6 Å². The van der Waals surface area contributed by atoms with E-state index in [0.717, 1.165) is 35.1 Å². The Bertz CT molecular complexity index is 845. The van der Waals surface area contributed by atoms with E-state index in [1.165, 1.54) is 12.1 Å². The molecule has 1 amide bonds. The molecule has 0 saturated heterocycles. The summed E-state index contributed by atoms with van der Waals surface area (Å²) in [6.45, 7) is 4.04. The van der Waals surface area contributed by atoms with Gasteiger partial charge in [0.2, 0.25) is 0 Å². The fourth-order valence-electron chi connectivity index (χ4n) is 3.54. The molecular formula is C20H20F3NO3. The first-order valence-electron chi connectivity index (χ1n) is 8.54. The van der Waals surface area contributed by atoms with E-state index in [4.69, 9.17) is 0 Å². The molecule has 2 N–H and O–H groups in total. The largest absolute Gasteiger partial charge is 0.573 e. The van der Waals surface area contributed by atoms with Gasteiger partial charge in [0.1, 0.15) is 5.75 Å². The lowest BCUT2D eigenvalue weighted by Crippen LogP contribution is -2.40. The van der Waals surface area contributed by atoms with Crippen LogP contribution >= 0.6 is 0 Å². The minimum atomic E-state index is -4.73. The molecule has 0 aliphatic heterocycles. The third-order valence-electron chi connectivity index (χ3n) is 4.97. The first kappa shape index (κ1) is 19.1. The van der Waals surface area contributed by atoms with Gasteiger partial charge < -0.3 is 15.2 Å². The summed E-state index contributed by atoms with van der Waals surface area (Å²) in [5, 5.41) is 11.8. The molecular weight excluding hydrogens is 359 g/mol. The Morgan fingerprint density at radius 3 is 2.37 bits per heavy atom. The summed E-state index contributed by atoms with van der Waals surface area (Å²) < 4.78 is 40.8. The Kier molecular flexibility index (Phi) is 4.80. The molecule has 4 nitrogen and oxygen atoms in total. The molecule has 0 radical (unpaired) electrons. The number of amides is 1. The molecule has 27 heavy (non-hydrogen) atoms. The van der Waals surface area contributed by atoms with Crippen LogP contribution in [-0.4, -0.2) is 17.6 Å². The van der Waals surface area contributed by atoms with Crippen LogP contribution in [0.15, 0.2) is 42.5 Å². The Labute approximate surface area is 155 Å². The minimum absolute atomic E-state index is 0.242. The van der Waals surface area contributed by atoms with E-state index in [9.17, 15) is 23.1 Å². The van der Waals surface area contributed by atoms with Gasteiger partial charge in [-0.25, -0.2) is 4.79 Å². The number of hydrogen-bond acceptors (Lipinski definition) is 2. The zero-order valence-electron chi connectivity index (χ0n) is 14.9. The number of carbonyl (C=O) groups is 1. The lowest BCUT2D eigenvalue weighted by Gasteiger charge is -2.40. The van der Waals surface area contributed by atoms with Crippen LogP contribution in [0, 0.1) is 5.41 Å². The first-order chi connectivity index (χ1) is 12.5. The van der Waals surface area contributed by atoms with Crippen molar-refractivity contribution >= 4 is 6.09 Å². The van der Waals surface area contributed by atoms with Gasteiger partial charge in [-0.15, -0.1) is 13.2 Å².